The monoisotopic (exact) mass is 240 g/mol. The van der Waals surface area contributed by atoms with E-state index in [1.165, 1.54) is 6.08 Å². The first-order valence-corrected chi connectivity index (χ1v) is 5.81. The molecule has 0 amide bonds. The summed E-state index contributed by atoms with van der Waals surface area (Å²) in [6.45, 7) is -0.517. The van der Waals surface area contributed by atoms with E-state index in [1.54, 1.807) is 0 Å². The highest BCUT2D eigenvalue weighted by Crippen LogP contribution is 2.44. The normalized spacial score (nSPS) is 18.6. The molecule has 0 saturated heterocycles. The van der Waals surface area contributed by atoms with Crippen LogP contribution in [0, 0.1) is 5.92 Å². The number of halogens is 2. The number of aliphatic hydroxyl groups excluding tert-OH is 1. The molecular weight excluding hydrogens is 227 g/mol. The van der Waals surface area contributed by atoms with E-state index in [0.29, 0.717) is 10.9 Å². The number of allylic oxidation sites excluding steroid dienone is 1. The van der Waals surface area contributed by atoms with E-state index in [4.69, 9.17) is 16.7 Å². The van der Waals surface area contributed by atoms with Crippen LogP contribution in [0.4, 0.5) is 4.39 Å². The molecule has 1 aliphatic carbocycles. The molecule has 2 rings (SSSR count). The van der Waals surface area contributed by atoms with Gasteiger partial charge < -0.3 is 5.11 Å². The van der Waals surface area contributed by atoms with Gasteiger partial charge in [0.1, 0.15) is 5.83 Å². The molecule has 1 aromatic carbocycles. The Morgan fingerprint density at radius 2 is 2.06 bits per heavy atom. The molecule has 1 aliphatic rings. The summed E-state index contributed by atoms with van der Waals surface area (Å²) in [6.07, 6.45) is 3.78. The van der Waals surface area contributed by atoms with Gasteiger partial charge in [-0.2, -0.15) is 0 Å². The van der Waals surface area contributed by atoms with E-state index in [0.717, 1.165) is 18.4 Å². The van der Waals surface area contributed by atoms with Gasteiger partial charge in [-0.3, -0.25) is 0 Å². The smallest absolute Gasteiger partial charge is 0.122 e. The van der Waals surface area contributed by atoms with Crippen molar-refractivity contribution < 1.29 is 9.50 Å². The lowest BCUT2D eigenvalue weighted by Gasteiger charge is -2.12. The molecule has 86 valence electrons. The first-order chi connectivity index (χ1) is 7.70. The highest BCUT2D eigenvalue weighted by atomic mass is 35.5. The molecule has 0 bridgehead atoms. The van der Waals surface area contributed by atoms with Crippen LogP contribution < -0.4 is 0 Å². The fraction of sp³-hybridized carbons (Fsp3) is 0.385. The summed E-state index contributed by atoms with van der Waals surface area (Å²) in [5.74, 6) is 0.134. The van der Waals surface area contributed by atoms with Crippen LogP contribution in [0.25, 0.3) is 0 Å². The maximum Gasteiger partial charge on any atom is 0.122 e. The molecule has 0 radical (unpaired) electrons. The van der Waals surface area contributed by atoms with Crippen molar-refractivity contribution in [1.29, 1.82) is 0 Å². The fourth-order valence-electron chi connectivity index (χ4n) is 1.89. The van der Waals surface area contributed by atoms with Crippen molar-refractivity contribution in [1.82, 2.24) is 0 Å². The Balaban J connectivity index is 2.22. The van der Waals surface area contributed by atoms with Crippen molar-refractivity contribution in [2.45, 2.75) is 18.8 Å². The maximum absolute atomic E-state index is 13.1. The Morgan fingerprint density at radius 1 is 1.44 bits per heavy atom. The molecule has 0 aromatic heterocycles. The quantitative estimate of drug-likeness (QED) is 0.851. The summed E-state index contributed by atoms with van der Waals surface area (Å²) < 4.78 is 13.1. The lowest BCUT2D eigenvalue weighted by molar-refractivity contribution is 0.296. The van der Waals surface area contributed by atoms with Crippen molar-refractivity contribution in [3.05, 3.63) is 46.8 Å². The average Bonchev–Trinajstić information content (AvgIpc) is 3.11. The minimum absolute atomic E-state index is 0.0735. The van der Waals surface area contributed by atoms with Crippen molar-refractivity contribution in [3.8, 4) is 0 Å². The second kappa shape index (κ2) is 4.98. The van der Waals surface area contributed by atoms with E-state index < -0.39 is 12.4 Å². The van der Waals surface area contributed by atoms with Crippen molar-refractivity contribution in [3.63, 3.8) is 0 Å². The van der Waals surface area contributed by atoms with E-state index in [1.807, 2.05) is 24.3 Å². The van der Waals surface area contributed by atoms with Crippen LogP contribution in [-0.2, 0) is 0 Å². The zero-order valence-electron chi connectivity index (χ0n) is 8.87. The Labute approximate surface area is 99.6 Å². The molecule has 0 heterocycles. The molecule has 3 heteroatoms. The lowest BCUT2D eigenvalue weighted by Crippen LogP contribution is -1.99. The molecule has 1 aromatic rings. The van der Waals surface area contributed by atoms with Gasteiger partial charge in [-0.25, -0.2) is 4.39 Å². The molecule has 1 atom stereocenters. The number of benzene rings is 1. The highest BCUT2D eigenvalue weighted by molar-refractivity contribution is 6.30. The second-order valence-electron chi connectivity index (χ2n) is 4.19. The molecule has 0 spiro atoms. The van der Waals surface area contributed by atoms with Crippen LogP contribution in [0.1, 0.15) is 24.3 Å². The third-order valence-electron chi connectivity index (χ3n) is 2.90. The van der Waals surface area contributed by atoms with E-state index >= 15 is 0 Å². The van der Waals surface area contributed by atoms with Crippen molar-refractivity contribution in [2.24, 2.45) is 5.92 Å². The van der Waals surface area contributed by atoms with Gasteiger partial charge in [0.2, 0.25) is 0 Å². The highest BCUT2D eigenvalue weighted by Gasteiger charge is 2.31. The molecule has 1 unspecified atom stereocenters. The predicted octanol–water partition coefficient (Wildman–Crippen LogP) is 3.68. The van der Waals surface area contributed by atoms with Gasteiger partial charge in [0, 0.05) is 10.9 Å². The van der Waals surface area contributed by atoms with Gasteiger partial charge in [-0.05, 0) is 42.5 Å². The number of hydrogen-bond donors (Lipinski definition) is 1. The lowest BCUT2D eigenvalue weighted by atomic mass is 9.93. The van der Waals surface area contributed by atoms with Gasteiger partial charge in [0.25, 0.3) is 0 Å². The van der Waals surface area contributed by atoms with Crippen LogP contribution in [0.15, 0.2) is 36.2 Å². The Kier molecular flexibility index (Phi) is 3.62. The molecule has 1 nitrogen and oxygen atoms in total. The summed E-state index contributed by atoms with van der Waals surface area (Å²) in [7, 11) is 0. The Morgan fingerprint density at radius 3 is 2.56 bits per heavy atom. The van der Waals surface area contributed by atoms with Gasteiger partial charge in [0.05, 0.1) is 6.61 Å². The molecule has 1 saturated carbocycles. The maximum atomic E-state index is 13.1. The molecular formula is C13H14ClFO. The van der Waals surface area contributed by atoms with Crippen LogP contribution in [0.5, 0.6) is 0 Å². The topological polar surface area (TPSA) is 20.2 Å². The standard InChI is InChI=1S/C13H14ClFO/c14-11-5-3-10(4-6-11)13(9-1-2-9)7-12(15)8-16/h3-7,9,13,16H,1-2,8H2. The molecule has 1 N–H and O–H groups in total. The van der Waals surface area contributed by atoms with E-state index in [9.17, 15) is 4.39 Å². The number of hydrogen-bond acceptors (Lipinski definition) is 1. The summed E-state index contributed by atoms with van der Waals surface area (Å²) in [5.41, 5.74) is 1.07. The largest absolute Gasteiger partial charge is 0.389 e. The van der Waals surface area contributed by atoms with E-state index in [-0.39, 0.29) is 5.92 Å². The van der Waals surface area contributed by atoms with Crippen LogP contribution in [-0.4, -0.2) is 11.7 Å². The van der Waals surface area contributed by atoms with Gasteiger partial charge in [-0.1, -0.05) is 23.7 Å². The molecule has 16 heavy (non-hydrogen) atoms. The summed E-state index contributed by atoms with van der Waals surface area (Å²) in [5, 5.41) is 9.40. The minimum Gasteiger partial charge on any atom is -0.389 e. The summed E-state index contributed by atoms with van der Waals surface area (Å²) in [4.78, 5) is 0. The van der Waals surface area contributed by atoms with Gasteiger partial charge >= 0.3 is 0 Å². The first-order valence-electron chi connectivity index (χ1n) is 5.43. The minimum atomic E-state index is -0.517. The van der Waals surface area contributed by atoms with Gasteiger partial charge in [0.15, 0.2) is 0 Å². The summed E-state index contributed by atoms with van der Waals surface area (Å²) >= 11 is 5.82. The number of aliphatic hydroxyl groups is 1. The summed E-state index contributed by atoms with van der Waals surface area (Å²) in [6, 6.07) is 7.48. The third-order valence-corrected chi connectivity index (χ3v) is 3.15. The van der Waals surface area contributed by atoms with Crippen LogP contribution >= 0.6 is 11.6 Å². The fourth-order valence-corrected chi connectivity index (χ4v) is 2.02. The third kappa shape index (κ3) is 2.83. The Bertz CT molecular complexity index is 381. The molecule has 0 aliphatic heterocycles. The second-order valence-corrected chi connectivity index (χ2v) is 4.62. The van der Waals surface area contributed by atoms with Crippen molar-refractivity contribution in [2.75, 3.05) is 6.61 Å². The molecule has 1 fully saturated rings. The van der Waals surface area contributed by atoms with Crippen molar-refractivity contribution >= 4 is 11.6 Å². The van der Waals surface area contributed by atoms with Crippen LogP contribution in [0.3, 0.4) is 0 Å². The zero-order chi connectivity index (χ0) is 11.5. The Hall–Kier alpha value is -0.860. The zero-order valence-corrected chi connectivity index (χ0v) is 9.62. The van der Waals surface area contributed by atoms with E-state index in [2.05, 4.69) is 0 Å². The van der Waals surface area contributed by atoms with Crippen LogP contribution in [0.2, 0.25) is 5.02 Å². The number of rotatable bonds is 4. The predicted molar refractivity (Wildman–Crippen MR) is 63.2 cm³/mol. The SMILES string of the molecule is OCC(F)=CC(c1ccc(Cl)cc1)C1CC1. The van der Waals surface area contributed by atoms with Gasteiger partial charge in [-0.15, -0.1) is 0 Å². The first kappa shape index (κ1) is 11.6. The average molecular weight is 241 g/mol.